The Balaban J connectivity index is 2.11. The van der Waals surface area contributed by atoms with Gasteiger partial charge >= 0.3 is 0 Å². The van der Waals surface area contributed by atoms with E-state index in [1.54, 1.807) is 6.20 Å². The zero-order chi connectivity index (χ0) is 10.1. The predicted octanol–water partition coefficient (Wildman–Crippen LogP) is 2.72. The van der Waals surface area contributed by atoms with Gasteiger partial charge in [0.25, 0.3) is 0 Å². The molecule has 71 valence electrons. The van der Waals surface area contributed by atoms with Crippen LogP contribution in [0.1, 0.15) is 11.1 Å². The topological polar surface area (TPSA) is 27.0 Å². The van der Waals surface area contributed by atoms with E-state index in [0.29, 0.717) is 0 Å². The Bertz CT molecular complexity index is 515. The predicted molar refractivity (Wildman–Crippen MR) is 59.6 cm³/mol. The number of fused-ring (bicyclic) bond motifs is 1. The van der Waals surface area contributed by atoms with Crippen molar-refractivity contribution in [3.05, 3.63) is 66.1 Å². The number of hydrogen-bond acceptors (Lipinski definition) is 1. The average molecular weight is 193 g/mol. The summed E-state index contributed by atoms with van der Waals surface area (Å²) >= 11 is 0. The lowest BCUT2D eigenvalue weighted by Crippen LogP contribution is -1.84. The van der Waals surface area contributed by atoms with E-state index in [0.717, 1.165) is 16.8 Å². The molecular weight excluding hydrogens is 184 g/mol. The molecule has 2 heterocycles. The van der Waals surface area contributed by atoms with Crippen molar-refractivity contribution >= 4 is 11.3 Å². The molecule has 1 aliphatic heterocycles. The van der Waals surface area contributed by atoms with Crippen molar-refractivity contribution in [1.29, 1.82) is 0 Å². The fourth-order valence-electron chi connectivity index (χ4n) is 1.77. The van der Waals surface area contributed by atoms with Crippen LogP contribution in [0.3, 0.4) is 0 Å². The smallest absolute Gasteiger partial charge is 0.0709 e. The van der Waals surface area contributed by atoms with E-state index >= 15 is 0 Å². The van der Waals surface area contributed by atoms with Crippen LogP contribution in [0.2, 0.25) is 0 Å². The molecule has 0 N–H and O–H groups in total. The molecule has 0 fully saturated rings. The third kappa shape index (κ3) is 1.31. The van der Waals surface area contributed by atoms with Crippen LogP contribution in [-0.4, -0.2) is 4.98 Å². The molecule has 1 aromatic carbocycles. The minimum Gasteiger partial charge on any atom is -0.264 e. The van der Waals surface area contributed by atoms with Crippen molar-refractivity contribution in [2.75, 3.05) is 0 Å². The van der Waals surface area contributed by atoms with Crippen LogP contribution in [-0.2, 0) is 0 Å². The zero-order valence-electron chi connectivity index (χ0n) is 8.09. The molecule has 2 nitrogen and oxygen atoms in total. The van der Waals surface area contributed by atoms with Crippen molar-refractivity contribution < 1.29 is 0 Å². The summed E-state index contributed by atoms with van der Waals surface area (Å²) in [4.78, 5) is 4.12. The quantitative estimate of drug-likeness (QED) is 0.684. The second kappa shape index (κ2) is 3.24. The van der Waals surface area contributed by atoms with Gasteiger partial charge in [-0.25, -0.2) is 0 Å². The summed E-state index contributed by atoms with van der Waals surface area (Å²) in [7, 11) is 0. The Morgan fingerprint density at radius 2 is 1.87 bits per heavy atom. The first kappa shape index (κ1) is 8.24. The van der Waals surface area contributed by atoms with E-state index in [-0.39, 0.29) is 0 Å². The zero-order valence-corrected chi connectivity index (χ0v) is 8.09. The summed E-state index contributed by atoms with van der Waals surface area (Å²) in [6.45, 7) is 0. The highest BCUT2D eigenvalue weighted by Crippen LogP contribution is 2.33. The van der Waals surface area contributed by atoms with Crippen LogP contribution < -0.4 is 5.32 Å². The Hall–Kier alpha value is -2.09. The molecule has 2 aromatic rings. The standard InChI is InChI=1S/C13H9N2/c1-2-6-13-11(5-1)12(9-15-13)10-4-3-7-14-8-10/h1-9H. The highest BCUT2D eigenvalue weighted by molar-refractivity contribution is 5.88. The molecular formula is C13H9N2. The van der Waals surface area contributed by atoms with E-state index in [1.807, 2.05) is 36.7 Å². The second-order valence-electron chi connectivity index (χ2n) is 3.43. The molecule has 1 aromatic heterocycles. The lowest BCUT2D eigenvalue weighted by molar-refractivity contribution is 1.22. The van der Waals surface area contributed by atoms with Gasteiger partial charge in [0.2, 0.25) is 0 Å². The fourth-order valence-corrected chi connectivity index (χ4v) is 1.77. The van der Waals surface area contributed by atoms with E-state index in [2.05, 4.69) is 22.4 Å². The number of para-hydroxylation sites is 1. The van der Waals surface area contributed by atoms with Crippen LogP contribution in [0.5, 0.6) is 0 Å². The van der Waals surface area contributed by atoms with E-state index < -0.39 is 0 Å². The maximum Gasteiger partial charge on any atom is 0.0709 e. The molecule has 0 saturated carbocycles. The lowest BCUT2D eigenvalue weighted by Gasteiger charge is -2.02. The van der Waals surface area contributed by atoms with Crippen LogP contribution in [0.15, 0.2) is 55.0 Å². The highest BCUT2D eigenvalue weighted by Gasteiger charge is 2.15. The third-order valence-electron chi connectivity index (χ3n) is 2.50. The van der Waals surface area contributed by atoms with E-state index in [4.69, 9.17) is 0 Å². The van der Waals surface area contributed by atoms with Gasteiger partial charge in [-0.05, 0) is 12.1 Å². The Labute approximate surface area is 88.3 Å². The Morgan fingerprint density at radius 3 is 2.73 bits per heavy atom. The molecule has 1 aliphatic rings. The van der Waals surface area contributed by atoms with E-state index in [9.17, 15) is 0 Å². The van der Waals surface area contributed by atoms with Gasteiger partial charge in [-0.1, -0.05) is 24.3 Å². The van der Waals surface area contributed by atoms with E-state index in [1.165, 1.54) is 5.56 Å². The van der Waals surface area contributed by atoms with Crippen molar-refractivity contribution in [3.63, 3.8) is 0 Å². The molecule has 0 spiro atoms. The summed E-state index contributed by atoms with van der Waals surface area (Å²) in [5.74, 6) is 0. The van der Waals surface area contributed by atoms with Crippen molar-refractivity contribution in [3.8, 4) is 0 Å². The lowest BCUT2D eigenvalue weighted by atomic mass is 10.0. The summed E-state index contributed by atoms with van der Waals surface area (Å²) in [6.07, 6.45) is 5.55. The molecule has 0 bridgehead atoms. The Morgan fingerprint density at radius 1 is 0.933 bits per heavy atom. The van der Waals surface area contributed by atoms with Crippen LogP contribution in [0.4, 0.5) is 5.69 Å². The SMILES string of the molecule is C1=C(c2cccnc2)c2ccccc2[N]1. The molecule has 1 radical (unpaired) electrons. The third-order valence-corrected chi connectivity index (χ3v) is 2.50. The first-order valence-corrected chi connectivity index (χ1v) is 4.86. The normalized spacial score (nSPS) is 12.9. The number of benzene rings is 1. The first-order chi connectivity index (χ1) is 7.45. The minimum atomic E-state index is 1.04. The van der Waals surface area contributed by atoms with Gasteiger partial charge in [0.05, 0.1) is 5.69 Å². The maximum atomic E-state index is 4.37. The monoisotopic (exact) mass is 193 g/mol. The summed E-state index contributed by atoms with van der Waals surface area (Å²) in [5.41, 5.74) is 4.49. The van der Waals surface area contributed by atoms with Crippen LogP contribution in [0.25, 0.3) is 5.57 Å². The summed E-state index contributed by atoms with van der Waals surface area (Å²) in [6, 6.07) is 12.1. The average Bonchev–Trinajstić information content (AvgIpc) is 2.74. The second-order valence-corrected chi connectivity index (χ2v) is 3.43. The number of pyridine rings is 1. The summed E-state index contributed by atoms with van der Waals surface area (Å²) in [5, 5.41) is 4.37. The van der Waals surface area contributed by atoms with Gasteiger partial charge in [-0.15, -0.1) is 0 Å². The largest absolute Gasteiger partial charge is 0.264 e. The molecule has 15 heavy (non-hydrogen) atoms. The van der Waals surface area contributed by atoms with Crippen LogP contribution in [0, 0.1) is 0 Å². The van der Waals surface area contributed by atoms with Gasteiger partial charge in [0, 0.05) is 35.3 Å². The molecule has 0 unspecified atom stereocenters. The minimum absolute atomic E-state index is 1.04. The number of hydrogen-bond donors (Lipinski definition) is 0. The van der Waals surface area contributed by atoms with Crippen molar-refractivity contribution in [2.24, 2.45) is 0 Å². The van der Waals surface area contributed by atoms with Gasteiger partial charge in [-0.3, -0.25) is 10.3 Å². The number of nitrogens with zero attached hydrogens (tertiary/aromatic N) is 2. The Kier molecular flexibility index (Phi) is 1.78. The maximum absolute atomic E-state index is 4.37. The summed E-state index contributed by atoms with van der Waals surface area (Å²) < 4.78 is 0. The highest BCUT2D eigenvalue weighted by atomic mass is 14.9. The number of aromatic nitrogens is 1. The first-order valence-electron chi connectivity index (χ1n) is 4.86. The van der Waals surface area contributed by atoms with Gasteiger partial charge in [0.15, 0.2) is 0 Å². The van der Waals surface area contributed by atoms with Gasteiger partial charge in [0.1, 0.15) is 0 Å². The molecule has 0 aliphatic carbocycles. The van der Waals surface area contributed by atoms with Crippen molar-refractivity contribution in [2.45, 2.75) is 0 Å². The number of rotatable bonds is 1. The van der Waals surface area contributed by atoms with Gasteiger partial charge in [-0.2, -0.15) is 0 Å². The fraction of sp³-hybridized carbons (Fsp3) is 0. The molecule has 0 amide bonds. The van der Waals surface area contributed by atoms with Crippen LogP contribution >= 0.6 is 0 Å². The van der Waals surface area contributed by atoms with Crippen molar-refractivity contribution in [1.82, 2.24) is 10.3 Å². The molecule has 3 rings (SSSR count). The molecule has 0 saturated heterocycles. The molecule has 2 heteroatoms. The van der Waals surface area contributed by atoms with Gasteiger partial charge < -0.3 is 0 Å². The molecule has 0 atom stereocenters.